The van der Waals surface area contributed by atoms with E-state index in [2.05, 4.69) is 21.7 Å². The molecule has 0 spiro atoms. The minimum Gasteiger partial charge on any atom is -0.382 e. The minimum absolute atomic E-state index is 0.790. The van der Waals surface area contributed by atoms with Crippen LogP contribution >= 0.6 is 11.3 Å². The number of anilines is 1. The lowest BCUT2D eigenvalue weighted by atomic mass is 10.3. The molecule has 2 aromatic rings. The van der Waals surface area contributed by atoms with E-state index in [0.29, 0.717) is 0 Å². The molecule has 2 aromatic heterocycles. The largest absolute Gasteiger partial charge is 0.382 e. The van der Waals surface area contributed by atoms with Gasteiger partial charge in [0.2, 0.25) is 0 Å². The molecule has 86 valence electrons. The summed E-state index contributed by atoms with van der Waals surface area (Å²) >= 11 is 1.74. The highest BCUT2D eigenvalue weighted by atomic mass is 32.1. The molecule has 0 bridgehead atoms. The molecule has 2 rings (SSSR count). The van der Waals surface area contributed by atoms with E-state index in [0.717, 1.165) is 32.0 Å². The Hall–Kier alpha value is -1.13. The van der Waals surface area contributed by atoms with Crippen LogP contribution in [0.15, 0.2) is 23.7 Å². The first-order valence-corrected chi connectivity index (χ1v) is 6.43. The topological polar surface area (TPSA) is 34.1 Å². The molecule has 0 aromatic carbocycles. The Kier molecular flexibility index (Phi) is 4.13. The summed E-state index contributed by atoms with van der Waals surface area (Å²) in [6, 6.07) is 4.16. The summed E-state index contributed by atoms with van der Waals surface area (Å²) in [6.45, 7) is 4.52. The zero-order valence-electron chi connectivity index (χ0n) is 9.40. The third kappa shape index (κ3) is 2.71. The lowest BCUT2D eigenvalue weighted by molar-refractivity contribution is 0.147. The van der Waals surface area contributed by atoms with E-state index in [9.17, 15) is 0 Å². The maximum Gasteiger partial charge on any atom is 0.134 e. The molecule has 2 heterocycles. The predicted octanol–water partition coefficient (Wildman–Crippen LogP) is 3.13. The highest BCUT2D eigenvalue weighted by Gasteiger charge is 2.01. The van der Waals surface area contributed by atoms with Crippen LogP contribution in [0.4, 0.5) is 5.82 Å². The number of fused-ring (bicyclic) bond motifs is 1. The second-order valence-electron chi connectivity index (χ2n) is 3.47. The standard InChI is InChI=1S/C12H16N2OS/c1-2-15-8-3-6-13-12-10-5-9-16-11(10)4-7-14-12/h4-5,7,9H,2-3,6,8H2,1H3,(H,13,14). The van der Waals surface area contributed by atoms with Crippen molar-refractivity contribution < 1.29 is 4.74 Å². The van der Waals surface area contributed by atoms with Crippen molar-refractivity contribution in [3.05, 3.63) is 23.7 Å². The van der Waals surface area contributed by atoms with Gasteiger partial charge >= 0.3 is 0 Å². The van der Waals surface area contributed by atoms with Gasteiger partial charge in [0.05, 0.1) is 0 Å². The van der Waals surface area contributed by atoms with Crippen LogP contribution in [0, 0.1) is 0 Å². The van der Waals surface area contributed by atoms with Gasteiger partial charge in [0.1, 0.15) is 5.82 Å². The van der Waals surface area contributed by atoms with E-state index in [4.69, 9.17) is 4.74 Å². The Bertz CT molecular complexity index is 441. The minimum atomic E-state index is 0.790. The first-order chi connectivity index (χ1) is 7.92. The average molecular weight is 236 g/mol. The fourth-order valence-corrected chi connectivity index (χ4v) is 2.34. The van der Waals surface area contributed by atoms with Crippen LogP contribution in [0.3, 0.4) is 0 Å². The van der Waals surface area contributed by atoms with Gasteiger partial charge in [-0.25, -0.2) is 4.98 Å². The highest BCUT2D eigenvalue weighted by molar-refractivity contribution is 7.17. The van der Waals surface area contributed by atoms with Gasteiger partial charge < -0.3 is 10.1 Å². The van der Waals surface area contributed by atoms with Crippen LogP contribution in [-0.2, 0) is 4.74 Å². The molecule has 3 nitrogen and oxygen atoms in total. The molecule has 0 unspecified atom stereocenters. The molecule has 0 saturated heterocycles. The lowest BCUT2D eigenvalue weighted by Gasteiger charge is -2.06. The van der Waals surface area contributed by atoms with Crippen molar-refractivity contribution in [2.45, 2.75) is 13.3 Å². The number of rotatable bonds is 6. The third-order valence-corrected chi connectivity index (χ3v) is 3.22. The summed E-state index contributed by atoms with van der Waals surface area (Å²) in [4.78, 5) is 4.35. The fraction of sp³-hybridized carbons (Fsp3) is 0.417. The Morgan fingerprint density at radius 1 is 1.44 bits per heavy atom. The molecule has 0 aliphatic heterocycles. The monoisotopic (exact) mass is 236 g/mol. The summed E-state index contributed by atoms with van der Waals surface area (Å²) < 4.78 is 6.57. The van der Waals surface area contributed by atoms with E-state index < -0.39 is 0 Å². The second kappa shape index (κ2) is 5.82. The number of thiophene rings is 1. The maximum absolute atomic E-state index is 5.29. The molecule has 0 aliphatic carbocycles. The van der Waals surface area contributed by atoms with Crippen molar-refractivity contribution in [2.24, 2.45) is 0 Å². The average Bonchev–Trinajstić information content (AvgIpc) is 2.77. The van der Waals surface area contributed by atoms with E-state index in [1.807, 2.05) is 19.2 Å². The van der Waals surface area contributed by atoms with Crippen molar-refractivity contribution in [1.29, 1.82) is 0 Å². The quantitative estimate of drug-likeness (QED) is 0.782. The van der Waals surface area contributed by atoms with E-state index in [-0.39, 0.29) is 0 Å². The normalized spacial score (nSPS) is 10.8. The summed E-state index contributed by atoms with van der Waals surface area (Å²) in [7, 11) is 0. The van der Waals surface area contributed by atoms with Crippen LogP contribution in [-0.4, -0.2) is 24.7 Å². The zero-order valence-corrected chi connectivity index (χ0v) is 10.2. The fourth-order valence-electron chi connectivity index (χ4n) is 1.56. The van der Waals surface area contributed by atoms with Crippen molar-refractivity contribution in [2.75, 3.05) is 25.1 Å². The van der Waals surface area contributed by atoms with Gasteiger partial charge in [0.15, 0.2) is 0 Å². The van der Waals surface area contributed by atoms with Crippen LogP contribution in [0.25, 0.3) is 10.1 Å². The van der Waals surface area contributed by atoms with Crippen molar-refractivity contribution in [3.8, 4) is 0 Å². The van der Waals surface area contributed by atoms with Crippen LogP contribution in [0.1, 0.15) is 13.3 Å². The summed E-state index contributed by atoms with van der Waals surface area (Å²) in [5, 5.41) is 6.66. The SMILES string of the molecule is CCOCCCNc1nccc2sccc12. The Labute approximate surface area is 99.5 Å². The number of nitrogens with zero attached hydrogens (tertiary/aromatic N) is 1. The molecular weight excluding hydrogens is 220 g/mol. The molecule has 0 aliphatic rings. The van der Waals surface area contributed by atoms with Gasteiger partial charge in [0, 0.05) is 36.0 Å². The lowest BCUT2D eigenvalue weighted by Crippen LogP contribution is -2.06. The molecule has 0 fully saturated rings. The third-order valence-electron chi connectivity index (χ3n) is 2.34. The maximum atomic E-state index is 5.29. The van der Waals surface area contributed by atoms with Crippen LogP contribution in [0.2, 0.25) is 0 Å². The van der Waals surface area contributed by atoms with Gasteiger partial charge in [-0.3, -0.25) is 0 Å². The molecular formula is C12H16N2OS. The highest BCUT2D eigenvalue weighted by Crippen LogP contribution is 2.25. The van der Waals surface area contributed by atoms with Crippen molar-refractivity contribution >= 4 is 27.2 Å². The van der Waals surface area contributed by atoms with Gasteiger partial charge in [-0.05, 0) is 30.9 Å². The number of pyridine rings is 1. The molecule has 0 amide bonds. The van der Waals surface area contributed by atoms with Crippen LogP contribution in [0.5, 0.6) is 0 Å². The molecule has 0 radical (unpaired) electrons. The van der Waals surface area contributed by atoms with Crippen molar-refractivity contribution in [1.82, 2.24) is 4.98 Å². The van der Waals surface area contributed by atoms with E-state index in [1.54, 1.807) is 11.3 Å². The Morgan fingerprint density at radius 2 is 2.38 bits per heavy atom. The first kappa shape index (κ1) is 11.4. The summed E-state index contributed by atoms with van der Waals surface area (Å²) in [5.41, 5.74) is 0. The Balaban J connectivity index is 1.91. The van der Waals surface area contributed by atoms with Gasteiger partial charge in [-0.2, -0.15) is 0 Å². The molecule has 0 atom stereocenters. The van der Waals surface area contributed by atoms with E-state index in [1.165, 1.54) is 10.1 Å². The van der Waals surface area contributed by atoms with Crippen LogP contribution < -0.4 is 5.32 Å². The molecule has 0 saturated carbocycles. The zero-order chi connectivity index (χ0) is 11.2. The number of hydrogen-bond donors (Lipinski definition) is 1. The predicted molar refractivity (Wildman–Crippen MR) is 69.2 cm³/mol. The summed E-state index contributed by atoms with van der Waals surface area (Å²) in [6.07, 6.45) is 2.86. The van der Waals surface area contributed by atoms with Gasteiger partial charge in [-0.15, -0.1) is 11.3 Å². The number of aromatic nitrogens is 1. The number of ether oxygens (including phenoxy) is 1. The van der Waals surface area contributed by atoms with Gasteiger partial charge in [0.25, 0.3) is 0 Å². The smallest absolute Gasteiger partial charge is 0.134 e. The van der Waals surface area contributed by atoms with Gasteiger partial charge in [-0.1, -0.05) is 0 Å². The van der Waals surface area contributed by atoms with E-state index >= 15 is 0 Å². The Morgan fingerprint density at radius 3 is 3.25 bits per heavy atom. The first-order valence-electron chi connectivity index (χ1n) is 5.55. The molecule has 16 heavy (non-hydrogen) atoms. The molecule has 4 heteroatoms. The summed E-state index contributed by atoms with van der Waals surface area (Å²) in [5.74, 6) is 0.982. The second-order valence-corrected chi connectivity index (χ2v) is 4.42. The molecule has 1 N–H and O–H groups in total. The number of nitrogens with one attached hydrogen (secondary N) is 1. The number of hydrogen-bond acceptors (Lipinski definition) is 4. The van der Waals surface area contributed by atoms with Crippen molar-refractivity contribution in [3.63, 3.8) is 0 Å².